The lowest BCUT2D eigenvalue weighted by molar-refractivity contribution is 0.414. The SMILES string of the molecule is CCCCCCCC(CCCC)c1cc(OC)c2ncnn2c1. The zero-order chi connectivity index (χ0) is 16.5. The zero-order valence-corrected chi connectivity index (χ0v) is 14.9. The molecule has 0 aromatic carbocycles. The molecular formula is C19H31N3O. The average molecular weight is 317 g/mol. The third-order valence-corrected chi connectivity index (χ3v) is 4.62. The van der Waals surface area contributed by atoms with Crippen molar-refractivity contribution in [2.24, 2.45) is 0 Å². The first-order valence-electron chi connectivity index (χ1n) is 9.17. The molecule has 4 heteroatoms. The summed E-state index contributed by atoms with van der Waals surface area (Å²) in [6, 6.07) is 2.16. The predicted octanol–water partition coefficient (Wildman–Crippen LogP) is 5.37. The molecule has 0 aliphatic heterocycles. The molecule has 2 aromatic heterocycles. The molecule has 0 amide bonds. The second-order valence-corrected chi connectivity index (χ2v) is 6.41. The normalized spacial score (nSPS) is 12.7. The van der Waals surface area contributed by atoms with E-state index in [4.69, 9.17) is 4.74 Å². The molecule has 1 unspecified atom stereocenters. The maximum absolute atomic E-state index is 5.52. The summed E-state index contributed by atoms with van der Waals surface area (Å²) in [6.45, 7) is 4.53. The Bertz CT molecular complexity index is 579. The van der Waals surface area contributed by atoms with Crippen LogP contribution in [-0.4, -0.2) is 21.7 Å². The Morgan fingerprint density at radius 3 is 2.52 bits per heavy atom. The van der Waals surface area contributed by atoms with Crippen molar-refractivity contribution in [3.05, 3.63) is 24.2 Å². The smallest absolute Gasteiger partial charge is 0.197 e. The number of fused-ring (bicyclic) bond motifs is 1. The van der Waals surface area contributed by atoms with Gasteiger partial charge in [-0.25, -0.2) is 9.50 Å². The van der Waals surface area contributed by atoms with Crippen molar-refractivity contribution >= 4 is 5.65 Å². The number of unbranched alkanes of at least 4 members (excludes halogenated alkanes) is 5. The van der Waals surface area contributed by atoms with Crippen LogP contribution < -0.4 is 4.74 Å². The van der Waals surface area contributed by atoms with E-state index in [1.807, 2.05) is 4.52 Å². The third kappa shape index (κ3) is 4.95. The van der Waals surface area contributed by atoms with Crippen molar-refractivity contribution in [1.29, 1.82) is 0 Å². The van der Waals surface area contributed by atoms with Crippen molar-refractivity contribution in [3.8, 4) is 5.75 Å². The van der Waals surface area contributed by atoms with Crippen molar-refractivity contribution < 1.29 is 4.74 Å². The standard InChI is InChI=1S/C19H31N3O/c1-4-6-8-9-10-12-16(11-7-5-2)17-13-18(23-3)19-20-15-21-22(19)14-17/h13-16H,4-12H2,1-3H3. The largest absolute Gasteiger partial charge is 0.493 e. The maximum atomic E-state index is 5.52. The topological polar surface area (TPSA) is 39.4 Å². The molecule has 1 atom stereocenters. The number of aromatic nitrogens is 3. The van der Waals surface area contributed by atoms with E-state index in [9.17, 15) is 0 Å². The van der Waals surface area contributed by atoms with Crippen LogP contribution in [0.1, 0.15) is 83.1 Å². The molecule has 0 spiro atoms. The number of rotatable bonds is 11. The Morgan fingerprint density at radius 2 is 1.78 bits per heavy atom. The molecule has 128 valence electrons. The Morgan fingerprint density at radius 1 is 1.04 bits per heavy atom. The van der Waals surface area contributed by atoms with Crippen LogP contribution in [0.25, 0.3) is 5.65 Å². The highest BCUT2D eigenvalue weighted by Crippen LogP contribution is 2.31. The number of hydrogen-bond donors (Lipinski definition) is 0. The summed E-state index contributed by atoms with van der Waals surface area (Å²) < 4.78 is 7.37. The minimum Gasteiger partial charge on any atom is -0.493 e. The fourth-order valence-corrected chi connectivity index (χ4v) is 3.21. The van der Waals surface area contributed by atoms with E-state index in [0.29, 0.717) is 5.92 Å². The molecular weight excluding hydrogens is 286 g/mol. The summed E-state index contributed by atoms with van der Waals surface area (Å²) in [4.78, 5) is 4.27. The molecule has 0 aliphatic carbocycles. The van der Waals surface area contributed by atoms with Gasteiger partial charge in [-0.3, -0.25) is 0 Å². The monoisotopic (exact) mass is 317 g/mol. The second-order valence-electron chi connectivity index (χ2n) is 6.41. The van der Waals surface area contributed by atoms with Gasteiger partial charge in [0, 0.05) is 6.20 Å². The molecule has 0 fully saturated rings. The lowest BCUT2D eigenvalue weighted by Crippen LogP contribution is -2.03. The second kappa shape index (κ2) is 9.53. The van der Waals surface area contributed by atoms with Crippen LogP contribution in [0.2, 0.25) is 0 Å². The van der Waals surface area contributed by atoms with Crippen LogP contribution in [0.4, 0.5) is 0 Å². The van der Waals surface area contributed by atoms with Gasteiger partial charge >= 0.3 is 0 Å². The number of ether oxygens (including phenoxy) is 1. The van der Waals surface area contributed by atoms with Gasteiger partial charge in [-0.2, -0.15) is 5.10 Å². The van der Waals surface area contributed by atoms with Gasteiger partial charge in [0.1, 0.15) is 6.33 Å². The molecule has 2 heterocycles. The highest BCUT2D eigenvalue weighted by atomic mass is 16.5. The Kier molecular flexibility index (Phi) is 7.37. The van der Waals surface area contributed by atoms with Gasteiger partial charge in [-0.1, -0.05) is 58.8 Å². The van der Waals surface area contributed by atoms with Gasteiger partial charge in [-0.15, -0.1) is 0 Å². The van der Waals surface area contributed by atoms with Crippen LogP contribution in [-0.2, 0) is 0 Å². The highest BCUT2D eigenvalue weighted by molar-refractivity contribution is 5.54. The van der Waals surface area contributed by atoms with Gasteiger partial charge < -0.3 is 4.74 Å². The van der Waals surface area contributed by atoms with E-state index in [1.165, 1.54) is 63.4 Å². The lowest BCUT2D eigenvalue weighted by Gasteiger charge is -2.18. The number of hydrogen-bond acceptors (Lipinski definition) is 3. The molecule has 0 N–H and O–H groups in total. The fourth-order valence-electron chi connectivity index (χ4n) is 3.21. The predicted molar refractivity (Wildman–Crippen MR) is 95.2 cm³/mol. The van der Waals surface area contributed by atoms with E-state index in [2.05, 4.69) is 36.2 Å². The molecule has 4 nitrogen and oxygen atoms in total. The minimum absolute atomic E-state index is 0.596. The van der Waals surface area contributed by atoms with Crippen LogP contribution in [0.5, 0.6) is 5.75 Å². The van der Waals surface area contributed by atoms with Crippen LogP contribution in [0.15, 0.2) is 18.6 Å². The molecule has 0 aliphatic rings. The van der Waals surface area contributed by atoms with Crippen molar-refractivity contribution in [2.45, 2.75) is 77.6 Å². The summed E-state index contributed by atoms with van der Waals surface area (Å²) >= 11 is 0. The number of pyridine rings is 1. The number of nitrogens with zero attached hydrogens (tertiary/aromatic N) is 3. The molecule has 0 bridgehead atoms. The van der Waals surface area contributed by atoms with Gasteiger partial charge in [0.05, 0.1) is 7.11 Å². The lowest BCUT2D eigenvalue weighted by atomic mass is 9.89. The molecule has 23 heavy (non-hydrogen) atoms. The summed E-state index contributed by atoms with van der Waals surface area (Å²) in [7, 11) is 1.71. The highest BCUT2D eigenvalue weighted by Gasteiger charge is 2.15. The molecule has 2 aromatic rings. The number of methoxy groups -OCH3 is 1. The van der Waals surface area contributed by atoms with E-state index < -0.39 is 0 Å². The van der Waals surface area contributed by atoms with Crippen LogP contribution in [0, 0.1) is 0 Å². The van der Waals surface area contributed by atoms with Gasteiger partial charge in [0.2, 0.25) is 0 Å². The average Bonchev–Trinajstić information content (AvgIpc) is 3.05. The first kappa shape index (κ1) is 17.8. The Hall–Kier alpha value is -1.58. The summed E-state index contributed by atoms with van der Waals surface area (Å²) in [5.74, 6) is 1.42. The molecule has 0 radical (unpaired) electrons. The van der Waals surface area contributed by atoms with E-state index in [0.717, 1.165) is 11.4 Å². The third-order valence-electron chi connectivity index (χ3n) is 4.62. The van der Waals surface area contributed by atoms with Crippen LogP contribution in [0.3, 0.4) is 0 Å². The molecule has 0 saturated heterocycles. The quantitative estimate of drug-likeness (QED) is 0.523. The first-order chi connectivity index (χ1) is 11.3. The summed E-state index contributed by atoms with van der Waals surface area (Å²) in [5.41, 5.74) is 2.14. The Labute approximate surface area is 140 Å². The van der Waals surface area contributed by atoms with Crippen molar-refractivity contribution in [1.82, 2.24) is 14.6 Å². The summed E-state index contributed by atoms with van der Waals surface area (Å²) in [6.07, 6.45) is 15.4. The van der Waals surface area contributed by atoms with E-state index in [1.54, 1.807) is 13.4 Å². The summed E-state index contributed by atoms with van der Waals surface area (Å²) in [5, 5.41) is 4.30. The van der Waals surface area contributed by atoms with E-state index >= 15 is 0 Å². The minimum atomic E-state index is 0.596. The first-order valence-corrected chi connectivity index (χ1v) is 9.17. The van der Waals surface area contributed by atoms with Gasteiger partial charge in [0.15, 0.2) is 11.4 Å². The van der Waals surface area contributed by atoms with Crippen LogP contribution >= 0.6 is 0 Å². The van der Waals surface area contributed by atoms with Crippen molar-refractivity contribution in [2.75, 3.05) is 7.11 Å². The Balaban J connectivity index is 2.10. The zero-order valence-electron chi connectivity index (χ0n) is 14.9. The molecule has 2 rings (SSSR count). The van der Waals surface area contributed by atoms with Crippen molar-refractivity contribution in [3.63, 3.8) is 0 Å². The van der Waals surface area contributed by atoms with E-state index in [-0.39, 0.29) is 0 Å². The fraction of sp³-hybridized carbons (Fsp3) is 0.684. The van der Waals surface area contributed by atoms with Gasteiger partial charge in [0.25, 0.3) is 0 Å². The van der Waals surface area contributed by atoms with Gasteiger partial charge in [-0.05, 0) is 30.4 Å². The molecule has 0 saturated carbocycles. The maximum Gasteiger partial charge on any atom is 0.197 e.